The Morgan fingerprint density at radius 2 is 1.76 bits per heavy atom. The summed E-state index contributed by atoms with van der Waals surface area (Å²) in [7, 11) is 0. The summed E-state index contributed by atoms with van der Waals surface area (Å²) in [4.78, 5) is 24.7. The Balaban J connectivity index is 1.67. The molecule has 1 aliphatic rings. The monoisotopic (exact) mass is 409 g/mol. The SMILES string of the molecule is O=C(NC1(C(=O)O)CCC1)c1ccc2ccccc2c1OCc1ccc(Cl)cc1. The summed E-state index contributed by atoms with van der Waals surface area (Å²) in [5.41, 5.74) is 0.0517. The smallest absolute Gasteiger partial charge is 0.329 e. The van der Waals surface area contributed by atoms with Crippen LogP contribution in [0, 0.1) is 0 Å². The second-order valence-corrected chi connectivity index (χ2v) is 7.71. The fourth-order valence-electron chi connectivity index (χ4n) is 3.52. The van der Waals surface area contributed by atoms with Gasteiger partial charge in [-0.2, -0.15) is 0 Å². The highest BCUT2D eigenvalue weighted by molar-refractivity contribution is 6.30. The number of hydrogen-bond donors (Lipinski definition) is 2. The molecule has 1 fully saturated rings. The zero-order valence-corrected chi connectivity index (χ0v) is 16.4. The van der Waals surface area contributed by atoms with Crippen molar-refractivity contribution in [2.75, 3.05) is 0 Å². The minimum absolute atomic E-state index is 0.259. The zero-order valence-electron chi connectivity index (χ0n) is 15.7. The average Bonchev–Trinajstić information content (AvgIpc) is 2.69. The molecule has 29 heavy (non-hydrogen) atoms. The fraction of sp³-hybridized carbons (Fsp3) is 0.217. The van der Waals surface area contributed by atoms with Crippen LogP contribution in [0.5, 0.6) is 5.75 Å². The second-order valence-electron chi connectivity index (χ2n) is 7.27. The van der Waals surface area contributed by atoms with E-state index in [-0.39, 0.29) is 6.61 Å². The minimum atomic E-state index is -1.18. The molecule has 0 heterocycles. The van der Waals surface area contributed by atoms with Crippen molar-refractivity contribution < 1.29 is 19.4 Å². The van der Waals surface area contributed by atoms with E-state index in [2.05, 4.69) is 5.32 Å². The van der Waals surface area contributed by atoms with Crippen molar-refractivity contribution in [3.05, 3.63) is 76.8 Å². The number of rotatable bonds is 6. The Labute approximate surface area is 173 Å². The van der Waals surface area contributed by atoms with E-state index in [4.69, 9.17) is 16.3 Å². The van der Waals surface area contributed by atoms with E-state index in [1.165, 1.54) is 0 Å². The molecule has 1 saturated carbocycles. The number of hydrogen-bond acceptors (Lipinski definition) is 3. The number of halogens is 1. The summed E-state index contributed by atoms with van der Waals surface area (Å²) in [6, 6.07) is 18.4. The van der Waals surface area contributed by atoms with Crippen molar-refractivity contribution in [1.82, 2.24) is 5.32 Å². The van der Waals surface area contributed by atoms with E-state index < -0.39 is 17.4 Å². The third-order valence-electron chi connectivity index (χ3n) is 5.39. The fourth-order valence-corrected chi connectivity index (χ4v) is 3.65. The molecule has 4 rings (SSSR count). The number of benzene rings is 3. The molecule has 2 N–H and O–H groups in total. The van der Waals surface area contributed by atoms with Gasteiger partial charge in [0.1, 0.15) is 17.9 Å². The topological polar surface area (TPSA) is 75.6 Å². The quantitative estimate of drug-likeness (QED) is 0.612. The van der Waals surface area contributed by atoms with Gasteiger partial charge in [-0.15, -0.1) is 0 Å². The molecule has 0 saturated heterocycles. The van der Waals surface area contributed by atoms with Gasteiger partial charge in [0, 0.05) is 10.4 Å². The maximum atomic E-state index is 13.0. The molecule has 5 nitrogen and oxygen atoms in total. The standard InChI is InChI=1S/C23H20ClNO4/c24-17-9-6-15(7-10-17)14-29-20-18-5-2-1-4-16(18)8-11-19(20)21(26)25-23(22(27)28)12-3-13-23/h1-2,4-11H,3,12-14H2,(H,25,26)(H,27,28). The number of carbonyl (C=O) groups excluding carboxylic acids is 1. The van der Waals surface area contributed by atoms with E-state index in [1.54, 1.807) is 18.2 Å². The second kappa shape index (κ2) is 7.76. The predicted molar refractivity (Wildman–Crippen MR) is 111 cm³/mol. The molecule has 0 aliphatic heterocycles. The number of nitrogens with one attached hydrogen (secondary N) is 1. The molecule has 0 aromatic heterocycles. The van der Waals surface area contributed by atoms with E-state index >= 15 is 0 Å². The lowest BCUT2D eigenvalue weighted by molar-refractivity contribution is -0.148. The lowest BCUT2D eigenvalue weighted by Gasteiger charge is -2.38. The van der Waals surface area contributed by atoms with E-state index in [9.17, 15) is 14.7 Å². The van der Waals surface area contributed by atoms with Crippen LogP contribution in [0.3, 0.4) is 0 Å². The Hall–Kier alpha value is -3.05. The highest BCUT2D eigenvalue weighted by Gasteiger charge is 2.46. The van der Waals surface area contributed by atoms with Crippen LogP contribution < -0.4 is 10.1 Å². The van der Waals surface area contributed by atoms with Gasteiger partial charge in [0.25, 0.3) is 5.91 Å². The molecule has 6 heteroatoms. The molecule has 0 spiro atoms. The van der Waals surface area contributed by atoms with Crippen molar-refractivity contribution in [2.24, 2.45) is 0 Å². The van der Waals surface area contributed by atoms with Gasteiger partial charge in [-0.3, -0.25) is 4.79 Å². The molecule has 1 amide bonds. The summed E-state index contributed by atoms with van der Waals surface area (Å²) in [6.45, 7) is 0.259. The first-order valence-corrected chi connectivity index (χ1v) is 9.81. The highest BCUT2D eigenvalue weighted by Crippen LogP contribution is 2.35. The molecular weight excluding hydrogens is 390 g/mol. The highest BCUT2D eigenvalue weighted by atomic mass is 35.5. The number of amides is 1. The summed E-state index contributed by atoms with van der Waals surface area (Å²) in [5, 5.41) is 14.6. The molecule has 0 atom stereocenters. The zero-order chi connectivity index (χ0) is 20.4. The van der Waals surface area contributed by atoms with Gasteiger partial charge in [-0.25, -0.2) is 4.79 Å². The van der Waals surface area contributed by atoms with Crippen molar-refractivity contribution in [2.45, 2.75) is 31.4 Å². The van der Waals surface area contributed by atoms with Crippen LogP contribution in [0.25, 0.3) is 10.8 Å². The molecule has 0 unspecified atom stereocenters. The third kappa shape index (κ3) is 3.78. The summed E-state index contributed by atoms with van der Waals surface area (Å²) in [6.07, 6.45) is 1.65. The molecule has 3 aromatic carbocycles. The van der Waals surface area contributed by atoms with Crippen LogP contribution in [0.4, 0.5) is 0 Å². The van der Waals surface area contributed by atoms with Gasteiger partial charge >= 0.3 is 5.97 Å². The van der Waals surface area contributed by atoms with Crippen LogP contribution in [0.15, 0.2) is 60.7 Å². The average molecular weight is 410 g/mol. The van der Waals surface area contributed by atoms with Crippen molar-refractivity contribution in [3.63, 3.8) is 0 Å². The van der Waals surface area contributed by atoms with Gasteiger partial charge in [0.15, 0.2) is 0 Å². The number of carboxylic acids is 1. The van der Waals surface area contributed by atoms with Gasteiger partial charge in [0.05, 0.1) is 5.56 Å². The number of carboxylic acid groups (broad SMARTS) is 1. The Morgan fingerprint density at radius 3 is 2.41 bits per heavy atom. The number of ether oxygens (including phenoxy) is 1. The van der Waals surface area contributed by atoms with Crippen LogP contribution in [-0.2, 0) is 11.4 Å². The van der Waals surface area contributed by atoms with Gasteiger partial charge in [-0.1, -0.05) is 54.1 Å². The number of fused-ring (bicyclic) bond motifs is 1. The van der Waals surface area contributed by atoms with Crippen LogP contribution in [0.2, 0.25) is 5.02 Å². The van der Waals surface area contributed by atoms with Crippen molar-refractivity contribution >= 4 is 34.2 Å². The van der Waals surface area contributed by atoms with Crippen LogP contribution in [0.1, 0.15) is 35.2 Å². The number of carbonyl (C=O) groups is 2. The maximum Gasteiger partial charge on any atom is 0.329 e. The lowest BCUT2D eigenvalue weighted by Crippen LogP contribution is -2.59. The maximum absolute atomic E-state index is 13.0. The first-order chi connectivity index (χ1) is 14.0. The van der Waals surface area contributed by atoms with Crippen molar-refractivity contribution in [1.29, 1.82) is 0 Å². The summed E-state index contributed by atoms with van der Waals surface area (Å²) >= 11 is 5.94. The Bertz CT molecular complexity index is 1070. The number of aliphatic carboxylic acids is 1. The van der Waals surface area contributed by atoms with Gasteiger partial charge < -0.3 is 15.2 Å². The first kappa shape index (κ1) is 19.3. The largest absolute Gasteiger partial charge is 0.487 e. The lowest BCUT2D eigenvalue weighted by atomic mass is 9.76. The Morgan fingerprint density at radius 1 is 1.03 bits per heavy atom. The molecule has 3 aromatic rings. The summed E-state index contributed by atoms with van der Waals surface area (Å²) in [5.74, 6) is -0.999. The molecule has 1 aliphatic carbocycles. The van der Waals surface area contributed by atoms with Crippen molar-refractivity contribution in [3.8, 4) is 5.75 Å². The Kier molecular flexibility index (Phi) is 5.16. The van der Waals surface area contributed by atoms with Gasteiger partial charge in [0.2, 0.25) is 0 Å². The molecule has 0 radical (unpaired) electrons. The summed E-state index contributed by atoms with van der Waals surface area (Å²) < 4.78 is 6.07. The third-order valence-corrected chi connectivity index (χ3v) is 5.64. The molecule has 148 valence electrons. The van der Waals surface area contributed by atoms with Crippen LogP contribution in [-0.4, -0.2) is 22.5 Å². The first-order valence-electron chi connectivity index (χ1n) is 9.43. The normalized spacial score (nSPS) is 14.8. The predicted octanol–water partition coefficient (Wildman–Crippen LogP) is 4.81. The molecule has 0 bridgehead atoms. The van der Waals surface area contributed by atoms with E-state index in [0.717, 1.165) is 22.8 Å². The molecular formula is C23H20ClNO4. The minimum Gasteiger partial charge on any atom is -0.487 e. The van der Waals surface area contributed by atoms with E-state index in [0.29, 0.717) is 29.2 Å². The van der Waals surface area contributed by atoms with Crippen LogP contribution >= 0.6 is 11.6 Å². The van der Waals surface area contributed by atoms with E-state index in [1.807, 2.05) is 42.5 Å². The van der Waals surface area contributed by atoms with Gasteiger partial charge in [-0.05, 0) is 48.4 Å².